The van der Waals surface area contributed by atoms with Crippen molar-refractivity contribution in [2.75, 3.05) is 18.0 Å². The van der Waals surface area contributed by atoms with Gasteiger partial charge in [-0.05, 0) is 55.6 Å². The molecule has 5 rings (SSSR count). The minimum Gasteiger partial charge on any atom is -0.356 e. The Morgan fingerprint density at radius 3 is 2.63 bits per heavy atom. The lowest BCUT2D eigenvalue weighted by molar-refractivity contribution is 0.437. The zero-order valence-corrected chi connectivity index (χ0v) is 16.9. The Balaban J connectivity index is 1.61. The first kappa shape index (κ1) is 17.2. The van der Waals surface area contributed by atoms with Crippen LogP contribution in [0, 0.1) is 5.92 Å². The van der Waals surface area contributed by atoms with Crippen molar-refractivity contribution >= 4 is 27.4 Å². The predicted octanol–water partition coefficient (Wildman–Crippen LogP) is 5.40. The number of thiophene rings is 1. The van der Waals surface area contributed by atoms with Crippen molar-refractivity contribution in [2.45, 2.75) is 51.9 Å². The third-order valence-electron chi connectivity index (χ3n) is 6.13. The number of anilines is 1. The van der Waals surface area contributed by atoms with Crippen LogP contribution in [-0.4, -0.2) is 23.1 Å². The summed E-state index contributed by atoms with van der Waals surface area (Å²) < 4.78 is 0. The molecule has 0 radical (unpaired) electrons. The van der Waals surface area contributed by atoms with Gasteiger partial charge in [-0.15, -0.1) is 11.3 Å². The molecule has 1 saturated heterocycles. The second-order valence-corrected chi connectivity index (χ2v) is 9.27. The van der Waals surface area contributed by atoms with Gasteiger partial charge in [0.2, 0.25) is 0 Å². The van der Waals surface area contributed by atoms with Crippen LogP contribution in [0.4, 0.5) is 5.82 Å². The Morgan fingerprint density at radius 2 is 1.81 bits per heavy atom. The third kappa shape index (κ3) is 3.36. The molecule has 1 aliphatic heterocycles. The van der Waals surface area contributed by atoms with Gasteiger partial charge in [0.1, 0.15) is 16.5 Å². The van der Waals surface area contributed by atoms with Crippen LogP contribution in [0.1, 0.15) is 54.4 Å². The van der Waals surface area contributed by atoms with Gasteiger partial charge in [0.15, 0.2) is 0 Å². The summed E-state index contributed by atoms with van der Waals surface area (Å²) in [7, 11) is 0. The number of hydrogen-bond acceptors (Lipinski definition) is 4. The zero-order valence-electron chi connectivity index (χ0n) is 16.1. The first-order chi connectivity index (χ1) is 13.3. The minimum absolute atomic E-state index is 0.816. The van der Waals surface area contributed by atoms with Crippen molar-refractivity contribution in [3.63, 3.8) is 0 Å². The largest absolute Gasteiger partial charge is 0.356 e. The van der Waals surface area contributed by atoms with E-state index in [0.717, 1.165) is 31.3 Å². The molecule has 4 heteroatoms. The van der Waals surface area contributed by atoms with E-state index < -0.39 is 0 Å². The lowest BCUT2D eigenvalue weighted by Crippen LogP contribution is -2.33. The highest BCUT2D eigenvalue weighted by Gasteiger charge is 2.25. The van der Waals surface area contributed by atoms with Gasteiger partial charge in [0, 0.05) is 24.4 Å². The summed E-state index contributed by atoms with van der Waals surface area (Å²) in [5.74, 6) is 3.02. The normalized spacial score (nSPS) is 18.0. The predicted molar refractivity (Wildman–Crippen MR) is 114 cm³/mol. The van der Waals surface area contributed by atoms with E-state index in [-0.39, 0.29) is 0 Å². The summed E-state index contributed by atoms with van der Waals surface area (Å²) in [6, 6.07) is 10.6. The smallest absolute Gasteiger partial charge is 0.141 e. The van der Waals surface area contributed by atoms with Crippen LogP contribution in [0.3, 0.4) is 0 Å². The van der Waals surface area contributed by atoms with Crippen molar-refractivity contribution in [1.29, 1.82) is 0 Å². The highest BCUT2D eigenvalue weighted by molar-refractivity contribution is 7.19. The fraction of sp³-hybridized carbons (Fsp3) is 0.478. The van der Waals surface area contributed by atoms with Gasteiger partial charge in [-0.2, -0.15) is 0 Å². The molecule has 0 unspecified atom stereocenters. The van der Waals surface area contributed by atoms with E-state index in [2.05, 4.69) is 42.2 Å². The van der Waals surface area contributed by atoms with Crippen LogP contribution < -0.4 is 4.90 Å². The molecule has 1 aliphatic carbocycles. The first-order valence-electron chi connectivity index (χ1n) is 10.4. The molecular weight excluding hydrogens is 350 g/mol. The Labute approximate surface area is 165 Å². The first-order valence-corrected chi connectivity index (χ1v) is 11.2. The maximum absolute atomic E-state index is 5.15. The molecule has 0 saturated carbocycles. The van der Waals surface area contributed by atoms with Crippen molar-refractivity contribution in [3.05, 3.63) is 52.2 Å². The SMILES string of the molecule is CC1CCN(c2nc(Cc3ccccc3)nc3sc4c(c23)CCCC4)CC1. The Morgan fingerprint density at radius 1 is 1.04 bits per heavy atom. The fourth-order valence-electron chi connectivity index (χ4n) is 4.49. The molecule has 2 aliphatic rings. The zero-order chi connectivity index (χ0) is 18.2. The van der Waals surface area contributed by atoms with Crippen LogP contribution in [-0.2, 0) is 19.3 Å². The highest BCUT2D eigenvalue weighted by atomic mass is 32.1. The second kappa shape index (κ2) is 7.23. The van der Waals surface area contributed by atoms with Gasteiger partial charge in [0.05, 0.1) is 5.39 Å². The van der Waals surface area contributed by atoms with E-state index in [0.29, 0.717) is 0 Å². The van der Waals surface area contributed by atoms with Gasteiger partial charge in [-0.3, -0.25) is 0 Å². The number of piperidine rings is 1. The summed E-state index contributed by atoms with van der Waals surface area (Å²) in [6.07, 6.45) is 8.41. The van der Waals surface area contributed by atoms with Gasteiger partial charge in [-0.25, -0.2) is 9.97 Å². The van der Waals surface area contributed by atoms with E-state index in [9.17, 15) is 0 Å². The van der Waals surface area contributed by atoms with Gasteiger partial charge in [-0.1, -0.05) is 37.3 Å². The molecule has 0 spiro atoms. The van der Waals surface area contributed by atoms with Gasteiger partial charge >= 0.3 is 0 Å². The highest BCUT2D eigenvalue weighted by Crippen LogP contribution is 2.40. The van der Waals surface area contributed by atoms with Crippen molar-refractivity contribution in [3.8, 4) is 0 Å². The topological polar surface area (TPSA) is 29.0 Å². The minimum atomic E-state index is 0.816. The average Bonchev–Trinajstić information content (AvgIpc) is 3.07. The quantitative estimate of drug-likeness (QED) is 0.612. The number of nitrogens with zero attached hydrogens (tertiary/aromatic N) is 3. The van der Waals surface area contributed by atoms with Crippen molar-refractivity contribution in [1.82, 2.24) is 9.97 Å². The van der Waals surface area contributed by atoms with Gasteiger partial charge in [0.25, 0.3) is 0 Å². The Kier molecular flexibility index (Phi) is 4.60. The maximum Gasteiger partial charge on any atom is 0.141 e. The van der Waals surface area contributed by atoms with E-state index >= 15 is 0 Å². The van der Waals surface area contributed by atoms with Gasteiger partial charge < -0.3 is 4.90 Å². The summed E-state index contributed by atoms with van der Waals surface area (Å²) >= 11 is 1.93. The third-order valence-corrected chi connectivity index (χ3v) is 7.32. The molecule has 1 fully saturated rings. The fourth-order valence-corrected chi connectivity index (χ4v) is 5.76. The van der Waals surface area contributed by atoms with Crippen molar-refractivity contribution < 1.29 is 0 Å². The van der Waals surface area contributed by atoms with E-state index in [4.69, 9.17) is 9.97 Å². The Hall–Kier alpha value is -1.94. The summed E-state index contributed by atoms with van der Waals surface area (Å²) in [4.78, 5) is 15.5. The molecule has 3 aromatic rings. The van der Waals surface area contributed by atoms with Crippen LogP contribution in [0.5, 0.6) is 0 Å². The van der Waals surface area contributed by atoms with E-state index in [1.807, 2.05) is 11.3 Å². The van der Waals surface area contributed by atoms with E-state index in [1.54, 1.807) is 10.4 Å². The molecule has 0 bridgehead atoms. The van der Waals surface area contributed by atoms with Crippen molar-refractivity contribution in [2.24, 2.45) is 5.92 Å². The molecule has 0 atom stereocenters. The number of hydrogen-bond donors (Lipinski definition) is 0. The summed E-state index contributed by atoms with van der Waals surface area (Å²) in [5.41, 5.74) is 2.84. The lowest BCUT2D eigenvalue weighted by atomic mass is 9.95. The van der Waals surface area contributed by atoms with Crippen LogP contribution in [0.15, 0.2) is 30.3 Å². The molecular formula is C23H27N3S. The standard InChI is InChI=1S/C23H27N3S/c1-16-11-13-26(14-12-16)22-21-18-9-5-6-10-19(18)27-23(21)25-20(24-22)15-17-7-3-2-4-8-17/h2-4,7-8,16H,5-6,9-15H2,1H3. The molecule has 3 heterocycles. The monoisotopic (exact) mass is 377 g/mol. The van der Waals surface area contributed by atoms with Crippen LogP contribution >= 0.6 is 11.3 Å². The Bertz CT molecular complexity index is 939. The molecule has 1 aromatic carbocycles. The molecule has 140 valence electrons. The van der Waals surface area contributed by atoms with Crippen LogP contribution in [0.2, 0.25) is 0 Å². The number of aromatic nitrogens is 2. The number of benzene rings is 1. The summed E-state index contributed by atoms with van der Waals surface area (Å²) in [6.45, 7) is 4.63. The molecule has 0 amide bonds. The number of aryl methyl sites for hydroxylation is 2. The van der Waals surface area contributed by atoms with Crippen LogP contribution in [0.25, 0.3) is 10.2 Å². The maximum atomic E-state index is 5.15. The number of rotatable bonds is 3. The number of fused-ring (bicyclic) bond motifs is 3. The molecule has 27 heavy (non-hydrogen) atoms. The average molecular weight is 378 g/mol. The molecule has 2 aromatic heterocycles. The summed E-state index contributed by atoms with van der Waals surface area (Å²) in [5, 5.41) is 1.38. The van der Waals surface area contributed by atoms with E-state index in [1.165, 1.54) is 60.1 Å². The molecule has 0 N–H and O–H groups in total. The lowest BCUT2D eigenvalue weighted by Gasteiger charge is -2.32. The molecule has 3 nitrogen and oxygen atoms in total. The second-order valence-electron chi connectivity index (χ2n) is 8.19.